The highest BCUT2D eigenvalue weighted by Crippen LogP contribution is 2.31. The molecule has 0 saturated heterocycles. The third kappa shape index (κ3) is 2.73. The van der Waals surface area contributed by atoms with Gasteiger partial charge in [0.2, 0.25) is 0 Å². The molecule has 1 heterocycles. The van der Waals surface area contributed by atoms with Gasteiger partial charge in [-0.25, -0.2) is 4.98 Å². The van der Waals surface area contributed by atoms with E-state index in [1.54, 1.807) is 0 Å². The van der Waals surface area contributed by atoms with E-state index < -0.39 is 0 Å². The molecule has 0 unspecified atom stereocenters. The Morgan fingerprint density at radius 1 is 0.952 bits per heavy atom. The van der Waals surface area contributed by atoms with Gasteiger partial charge in [-0.3, -0.25) is 0 Å². The van der Waals surface area contributed by atoms with Gasteiger partial charge in [-0.1, -0.05) is 67.6 Å². The van der Waals surface area contributed by atoms with Crippen molar-refractivity contribution in [2.45, 2.75) is 19.4 Å². The van der Waals surface area contributed by atoms with E-state index in [1.165, 1.54) is 0 Å². The van der Waals surface area contributed by atoms with Crippen LogP contribution < -0.4 is 5.73 Å². The van der Waals surface area contributed by atoms with Gasteiger partial charge in [0.1, 0.15) is 5.82 Å². The Labute approximate surface area is 124 Å². The summed E-state index contributed by atoms with van der Waals surface area (Å²) < 4.78 is 0. The molecule has 0 amide bonds. The number of imidazole rings is 1. The molecule has 0 aliphatic carbocycles. The molecule has 2 aromatic carbocycles. The molecular formula is C18H19N3. The Morgan fingerprint density at radius 3 is 2.10 bits per heavy atom. The summed E-state index contributed by atoms with van der Waals surface area (Å²) >= 11 is 0. The Kier molecular flexibility index (Phi) is 3.84. The Bertz CT molecular complexity index is 645. The van der Waals surface area contributed by atoms with Gasteiger partial charge in [-0.2, -0.15) is 0 Å². The van der Waals surface area contributed by atoms with Crippen LogP contribution in [0.2, 0.25) is 0 Å². The monoisotopic (exact) mass is 277 g/mol. The molecule has 0 saturated carbocycles. The van der Waals surface area contributed by atoms with E-state index >= 15 is 0 Å². The Balaban J connectivity index is 2.15. The van der Waals surface area contributed by atoms with E-state index in [-0.39, 0.29) is 6.04 Å². The van der Waals surface area contributed by atoms with Crippen LogP contribution in [0.25, 0.3) is 22.5 Å². The number of aromatic amines is 1. The molecule has 0 aliphatic rings. The quantitative estimate of drug-likeness (QED) is 0.752. The number of nitrogens with two attached hydrogens (primary N) is 1. The first kappa shape index (κ1) is 13.6. The molecule has 3 N–H and O–H groups in total. The minimum Gasteiger partial charge on any atom is -0.340 e. The second-order valence-electron chi connectivity index (χ2n) is 5.09. The fourth-order valence-corrected chi connectivity index (χ4v) is 2.38. The predicted octanol–water partition coefficient (Wildman–Crippen LogP) is 4.15. The van der Waals surface area contributed by atoms with Crippen LogP contribution in [-0.4, -0.2) is 9.97 Å². The zero-order valence-corrected chi connectivity index (χ0v) is 12.1. The number of hydrogen-bond donors (Lipinski definition) is 2. The molecule has 1 atom stereocenters. The van der Waals surface area contributed by atoms with Crippen molar-refractivity contribution >= 4 is 0 Å². The molecule has 106 valence electrons. The molecule has 3 nitrogen and oxygen atoms in total. The van der Waals surface area contributed by atoms with Crippen molar-refractivity contribution in [1.29, 1.82) is 0 Å². The summed E-state index contributed by atoms with van der Waals surface area (Å²) in [6, 6.07) is 20.4. The fourth-order valence-electron chi connectivity index (χ4n) is 2.38. The summed E-state index contributed by atoms with van der Waals surface area (Å²) in [6.07, 6.45) is 0.857. The predicted molar refractivity (Wildman–Crippen MR) is 86.7 cm³/mol. The normalized spacial score (nSPS) is 12.3. The summed E-state index contributed by atoms with van der Waals surface area (Å²) in [7, 11) is 0. The highest BCUT2D eigenvalue weighted by Gasteiger charge is 2.16. The summed E-state index contributed by atoms with van der Waals surface area (Å²) in [5.74, 6) is 0.843. The summed E-state index contributed by atoms with van der Waals surface area (Å²) in [5, 5.41) is 0. The van der Waals surface area contributed by atoms with Crippen LogP contribution in [0.3, 0.4) is 0 Å². The fraction of sp³-hybridized carbons (Fsp3) is 0.167. The lowest BCUT2D eigenvalue weighted by molar-refractivity contribution is 0.659. The third-order valence-electron chi connectivity index (χ3n) is 3.62. The van der Waals surface area contributed by atoms with Gasteiger partial charge >= 0.3 is 0 Å². The maximum absolute atomic E-state index is 6.14. The molecule has 21 heavy (non-hydrogen) atoms. The maximum Gasteiger partial charge on any atom is 0.124 e. The van der Waals surface area contributed by atoms with Crippen molar-refractivity contribution in [3.05, 3.63) is 66.5 Å². The number of nitrogens with one attached hydrogen (secondary N) is 1. The molecule has 3 rings (SSSR count). The van der Waals surface area contributed by atoms with Gasteiger partial charge in [-0.05, 0) is 6.42 Å². The van der Waals surface area contributed by atoms with E-state index in [0.29, 0.717) is 0 Å². The van der Waals surface area contributed by atoms with Crippen LogP contribution >= 0.6 is 0 Å². The first-order valence-corrected chi connectivity index (χ1v) is 7.26. The number of benzene rings is 2. The second-order valence-corrected chi connectivity index (χ2v) is 5.09. The van der Waals surface area contributed by atoms with Crippen LogP contribution in [0, 0.1) is 0 Å². The molecule has 0 aliphatic heterocycles. The van der Waals surface area contributed by atoms with Crippen molar-refractivity contribution in [3.8, 4) is 22.5 Å². The number of hydrogen-bond acceptors (Lipinski definition) is 2. The standard InChI is InChI=1S/C18H19N3/c1-2-15(19)18-20-16(13-9-5-3-6-10-13)17(21-18)14-11-7-4-8-12-14/h3-12,15H,2,19H2,1H3,(H,20,21)/t15-/m1/s1. The highest BCUT2D eigenvalue weighted by atomic mass is 15.0. The topological polar surface area (TPSA) is 54.7 Å². The molecule has 3 heteroatoms. The number of nitrogens with zero attached hydrogens (tertiary/aromatic N) is 1. The van der Waals surface area contributed by atoms with E-state index in [0.717, 1.165) is 34.8 Å². The third-order valence-corrected chi connectivity index (χ3v) is 3.62. The van der Waals surface area contributed by atoms with Crippen molar-refractivity contribution < 1.29 is 0 Å². The smallest absolute Gasteiger partial charge is 0.124 e. The van der Waals surface area contributed by atoms with Gasteiger partial charge in [0.25, 0.3) is 0 Å². The van der Waals surface area contributed by atoms with Gasteiger partial charge in [0, 0.05) is 11.1 Å². The molecule has 0 fully saturated rings. The summed E-state index contributed by atoms with van der Waals surface area (Å²) in [4.78, 5) is 8.16. The SMILES string of the molecule is CC[C@@H](N)c1nc(-c2ccccc2)c(-c2ccccc2)[nH]1. The molecular weight excluding hydrogens is 258 g/mol. The van der Waals surface area contributed by atoms with Crippen LogP contribution in [0.5, 0.6) is 0 Å². The lowest BCUT2D eigenvalue weighted by Crippen LogP contribution is -2.10. The largest absolute Gasteiger partial charge is 0.340 e. The maximum atomic E-state index is 6.14. The van der Waals surface area contributed by atoms with Crippen molar-refractivity contribution in [1.82, 2.24) is 9.97 Å². The first-order chi connectivity index (χ1) is 10.3. The van der Waals surface area contributed by atoms with E-state index in [2.05, 4.69) is 36.2 Å². The van der Waals surface area contributed by atoms with Gasteiger partial charge in [-0.15, -0.1) is 0 Å². The summed E-state index contributed by atoms with van der Waals surface area (Å²) in [6.45, 7) is 2.07. The Hall–Kier alpha value is -2.39. The van der Waals surface area contributed by atoms with Crippen LogP contribution in [-0.2, 0) is 0 Å². The molecule has 1 aromatic heterocycles. The van der Waals surface area contributed by atoms with Gasteiger partial charge < -0.3 is 10.7 Å². The minimum absolute atomic E-state index is 0.0649. The first-order valence-electron chi connectivity index (χ1n) is 7.26. The van der Waals surface area contributed by atoms with E-state index in [4.69, 9.17) is 10.7 Å². The van der Waals surface area contributed by atoms with Crippen molar-refractivity contribution in [3.63, 3.8) is 0 Å². The number of rotatable bonds is 4. The molecule has 3 aromatic rings. The average molecular weight is 277 g/mol. The molecule has 0 spiro atoms. The van der Waals surface area contributed by atoms with Crippen LogP contribution in [0.1, 0.15) is 25.2 Å². The molecule has 0 radical (unpaired) electrons. The van der Waals surface area contributed by atoms with Gasteiger partial charge in [0.05, 0.1) is 17.4 Å². The zero-order chi connectivity index (χ0) is 14.7. The Morgan fingerprint density at radius 2 is 1.52 bits per heavy atom. The number of H-pyrrole nitrogens is 1. The van der Waals surface area contributed by atoms with Crippen LogP contribution in [0.4, 0.5) is 0 Å². The van der Waals surface area contributed by atoms with E-state index in [1.807, 2.05) is 36.4 Å². The molecule has 0 bridgehead atoms. The number of aromatic nitrogens is 2. The zero-order valence-electron chi connectivity index (χ0n) is 12.1. The van der Waals surface area contributed by atoms with Gasteiger partial charge in [0.15, 0.2) is 0 Å². The lowest BCUT2D eigenvalue weighted by atomic mass is 10.1. The highest BCUT2D eigenvalue weighted by molar-refractivity contribution is 5.78. The van der Waals surface area contributed by atoms with Crippen molar-refractivity contribution in [2.75, 3.05) is 0 Å². The second kappa shape index (κ2) is 5.94. The average Bonchev–Trinajstić information content (AvgIpc) is 3.01. The van der Waals surface area contributed by atoms with E-state index in [9.17, 15) is 0 Å². The van der Waals surface area contributed by atoms with Crippen LogP contribution in [0.15, 0.2) is 60.7 Å². The minimum atomic E-state index is -0.0649. The summed E-state index contributed by atoms with van der Waals surface area (Å²) in [5.41, 5.74) is 10.3. The van der Waals surface area contributed by atoms with Crippen molar-refractivity contribution in [2.24, 2.45) is 5.73 Å². The lowest BCUT2D eigenvalue weighted by Gasteiger charge is -2.03.